The Balaban J connectivity index is 1.65. The summed E-state index contributed by atoms with van der Waals surface area (Å²) in [6.45, 7) is 3.89. The van der Waals surface area contributed by atoms with Gasteiger partial charge in [0.2, 0.25) is 5.91 Å². The standard InChI is InChI=1S/C18H22N2O3/c1-13-4-3-9-20(12-13)18(21)11-15-10-17(23-19-15)14-5-7-16(22-2)8-6-14/h5-8,10,13H,3-4,9,11-12H2,1-2H3/t13-/m0/s1. The number of ether oxygens (including phenoxy) is 1. The molecule has 0 radical (unpaired) electrons. The van der Waals surface area contributed by atoms with Crippen LogP contribution in [0.2, 0.25) is 0 Å². The van der Waals surface area contributed by atoms with Gasteiger partial charge in [-0.3, -0.25) is 4.79 Å². The van der Waals surface area contributed by atoms with Crippen molar-refractivity contribution in [3.8, 4) is 17.1 Å². The third kappa shape index (κ3) is 3.73. The first kappa shape index (κ1) is 15.6. The lowest BCUT2D eigenvalue weighted by Crippen LogP contribution is -2.39. The van der Waals surface area contributed by atoms with E-state index in [0.717, 1.165) is 30.8 Å². The Hall–Kier alpha value is -2.30. The van der Waals surface area contributed by atoms with Crippen LogP contribution >= 0.6 is 0 Å². The molecule has 2 aromatic rings. The molecule has 1 saturated heterocycles. The van der Waals surface area contributed by atoms with Crippen LogP contribution in [0, 0.1) is 5.92 Å². The van der Waals surface area contributed by atoms with Crippen LogP contribution in [0.3, 0.4) is 0 Å². The molecule has 1 aliphatic heterocycles. The molecule has 1 atom stereocenters. The van der Waals surface area contributed by atoms with Crippen LogP contribution < -0.4 is 4.74 Å². The maximum atomic E-state index is 12.4. The van der Waals surface area contributed by atoms with Gasteiger partial charge in [0.15, 0.2) is 5.76 Å². The Morgan fingerprint density at radius 2 is 2.17 bits per heavy atom. The minimum atomic E-state index is 0.131. The molecule has 23 heavy (non-hydrogen) atoms. The molecule has 3 rings (SSSR count). The Labute approximate surface area is 136 Å². The Bertz CT molecular complexity index is 663. The van der Waals surface area contributed by atoms with E-state index in [-0.39, 0.29) is 5.91 Å². The number of nitrogens with zero attached hydrogens (tertiary/aromatic N) is 2. The van der Waals surface area contributed by atoms with Gasteiger partial charge >= 0.3 is 0 Å². The van der Waals surface area contributed by atoms with E-state index in [9.17, 15) is 4.79 Å². The monoisotopic (exact) mass is 314 g/mol. The number of rotatable bonds is 4. The van der Waals surface area contributed by atoms with Gasteiger partial charge in [-0.05, 0) is 43.0 Å². The highest BCUT2D eigenvalue weighted by Gasteiger charge is 2.22. The van der Waals surface area contributed by atoms with Crippen LogP contribution in [0.25, 0.3) is 11.3 Å². The molecule has 0 saturated carbocycles. The van der Waals surface area contributed by atoms with Crippen molar-refractivity contribution in [2.75, 3.05) is 20.2 Å². The summed E-state index contributed by atoms with van der Waals surface area (Å²) in [6.07, 6.45) is 2.59. The van der Waals surface area contributed by atoms with E-state index in [2.05, 4.69) is 12.1 Å². The molecule has 5 nitrogen and oxygen atoms in total. The summed E-state index contributed by atoms with van der Waals surface area (Å²) in [5.41, 5.74) is 1.60. The fourth-order valence-electron chi connectivity index (χ4n) is 2.97. The van der Waals surface area contributed by atoms with Crippen molar-refractivity contribution in [1.82, 2.24) is 10.1 Å². The second kappa shape index (κ2) is 6.86. The average Bonchev–Trinajstić information content (AvgIpc) is 3.03. The molecule has 1 aliphatic rings. The van der Waals surface area contributed by atoms with Gasteiger partial charge in [0.1, 0.15) is 5.75 Å². The second-order valence-corrected chi connectivity index (χ2v) is 6.17. The molecular weight excluding hydrogens is 292 g/mol. The molecule has 1 fully saturated rings. The quantitative estimate of drug-likeness (QED) is 0.870. The summed E-state index contributed by atoms with van der Waals surface area (Å²) in [6, 6.07) is 9.41. The third-order valence-corrected chi connectivity index (χ3v) is 4.28. The fourth-order valence-corrected chi connectivity index (χ4v) is 2.97. The van der Waals surface area contributed by atoms with Crippen LogP contribution in [0.4, 0.5) is 0 Å². The van der Waals surface area contributed by atoms with Crippen LogP contribution in [-0.4, -0.2) is 36.2 Å². The molecule has 1 aromatic carbocycles. The second-order valence-electron chi connectivity index (χ2n) is 6.17. The largest absolute Gasteiger partial charge is 0.497 e. The molecule has 0 spiro atoms. The molecule has 1 amide bonds. The van der Waals surface area contributed by atoms with Crippen LogP contribution in [0.1, 0.15) is 25.5 Å². The van der Waals surface area contributed by atoms with Crippen molar-refractivity contribution in [2.45, 2.75) is 26.2 Å². The Morgan fingerprint density at radius 3 is 2.87 bits per heavy atom. The highest BCUT2D eigenvalue weighted by atomic mass is 16.5. The first-order chi connectivity index (χ1) is 11.2. The number of carbonyl (C=O) groups excluding carboxylic acids is 1. The van der Waals surface area contributed by atoms with Crippen molar-refractivity contribution < 1.29 is 14.1 Å². The van der Waals surface area contributed by atoms with E-state index in [4.69, 9.17) is 9.26 Å². The number of aromatic nitrogens is 1. The number of hydrogen-bond acceptors (Lipinski definition) is 4. The van der Waals surface area contributed by atoms with E-state index in [1.807, 2.05) is 35.2 Å². The predicted molar refractivity (Wildman–Crippen MR) is 87.2 cm³/mol. The number of amides is 1. The maximum Gasteiger partial charge on any atom is 0.228 e. The minimum Gasteiger partial charge on any atom is -0.497 e. The summed E-state index contributed by atoms with van der Waals surface area (Å²) in [5, 5.41) is 4.04. The van der Waals surface area contributed by atoms with Gasteiger partial charge in [-0.15, -0.1) is 0 Å². The molecule has 0 bridgehead atoms. The lowest BCUT2D eigenvalue weighted by Gasteiger charge is -2.30. The van der Waals surface area contributed by atoms with Crippen LogP contribution in [0.15, 0.2) is 34.9 Å². The van der Waals surface area contributed by atoms with E-state index in [1.165, 1.54) is 6.42 Å². The zero-order valence-corrected chi connectivity index (χ0v) is 13.6. The zero-order valence-electron chi connectivity index (χ0n) is 13.6. The van der Waals surface area contributed by atoms with Crippen molar-refractivity contribution in [3.63, 3.8) is 0 Å². The summed E-state index contributed by atoms with van der Waals surface area (Å²) < 4.78 is 10.5. The molecule has 122 valence electrons. The zero-order chi connectivity index (χ0) is 16.2. The first-order valence-corrected chi connectivity index (χ1v) is 8.03. The topological polar surface area (TPSA) is 55.6 Å². The number of hydrogen-bond donors (Lipinski definition) is 0. The molecule has 1 aromatic heterocycles. The van der Waals surface area contributed by atoms with Gasteiger partial charge in [0, 0.05) is 24.7 Å². The van der Waals surface area contributed by atoms with E-state index in [1.54, 1.807) is 7.11 Å². The summed E-state index contributed by atoms with van der Waals surface area (Å²) in [5.74, 6) is 2.18. The van der Waals surface area contributed by atoms with Gasteiger partial charge < -0.3 is 14.2 Å². The number of piperidine rings is 1. The molecular formula is C18H22N2O3. The van der Waals surface area contributed by atoms with Gasteiger partial charge in [0.05, 0.1) is 19.2 Å². The van der Waals surface area contributed by atoms with E-state index in [0.29, 0.717) is 23.8 Å². The number of carbonyl (C=O) groups is 1. The first-order valence-electron chi connectivity index (χ1n) is 8.03. The molecule has 2 heterocycles. The maximum absolute atomic E-state index is 12.4. The highest BCUT2D eigenvalue weighted by Crippen LogP contribution is 2.24. The van der Waals surface area contributed by atoms with E-state index < -0.39 is 0 Å². The molecule has 0 aliphatic carbocycles. The lowest BCUT2D eigenvalue weighted by atomic mass is 10.00. The van der Waals surface area contributed by atoms with Gasteiger partial charge in [-0.25, -0.2) is 0 Å². The van der Waals surface area contributed by atoms with Crippen molar-refractivity contribution in [3.05, 3.63) is 36.0 Å². The van der Waals surface area contributed by atoms with Crippen LogP contribution in [-0.2, 0) is 11.2 Å². The van der Waals surface area contributed by atoms with Gasteiger partial charge in [-0.2, -0.15) is 0 Å². The predicted octanol–water partition coefficient (Wildman–Crippen LogP) is 3.15. The van der Waals surface area contributed by atoms with Crippen molar-refractivity contribution in [2.24, 2.45) is 5.92 Å². The Kier molecular flexibility index (Phi) is 4.65. The molecule has 0 unspecified atom stereocenters. The van der Waals surface area contributed by atoms with Gasteiger partial charge in [0.25, 0.3) is 0 Å². The summed E-state index contributed by atoms with van der Waals surface area (Å²) in [4.78, 5) is 14.3. The normalized spacial score (nSPS) is 18.0. The van der Waals surface area contributed by atoms with Crippen molar-refractivity contribution in [1.29, 1.82) is 0 Å². The highest BCUT2D eigenvalue weighted by molar-refractivity contribution is 5.78. The van der Waals surface area contributed by atoms with Crippen LogP contribution in [0.5, 0.6) is 5.75 Å². The molecule has 5 heteroatoms. The third-order valence-electron chi connectivity index (χ3n) is 4.28. The van der Waals surface area contributed by atoms with E-state index >= 15 is 0 Å². The average molecular weight is 314 g/mol. The van der Waals surface area contributed by atoms with Gasteiger partial charge in [-0.1, -0.05) is 12.1 Å². The fraction of sp³-hybridized carbons (Fsp3) is 0.444. The Morgan fingerprint density at radius 1 is 1.39 bits per heavy atom. The lowest BCUT2D eigenvalue weighted by molar-refractivity contribution is -0.132. The summed E-state index contributed by atoms with van der Waals surface area (Å²) in [7, 11) is 1.63. The SMILES string of the molecule is COc1ccc(-c2cc(CC(=O)N3CCC[C@H](C)C3)no2)cc1. The molecule has 0 N–H and O–H groups in total. The number of benzene rings is 1. The number of methoxy groups -OCH3 is 1. The number of likely N-dealkylation sites (tertiary alicyclic amines) is 1. The minimum absolute atomic E-state index is 0.131. The van der Waals surface area contributed by atoms with Crippen molar-refractivity contribution >= 4 is 5.91 Å². The smallest absolute Gasteiger partial charge is 0.228 e. The summed E-state index contributed by atoms with van der Waals surface area (Å²) >= 11 is 0.